The quantitative estimate of drug-likeness (QED) is 0.616. The average Bonchev–Trinajstić information content (AvgIpc) is 2.65. The summed E-state index contributed by atoms with van der Waals surface area (Å²) in [5, 5.41) is 0.197. The van der Waals surface area contributed by atoms with E-state index in [1.54, 1.807) is 0 Å². The highest BCUT2D eigenvalue weighted by molar-refractivity contribution is 6.21. The minimum Gasteiger partial charge on any atom is -0.341 e. The summed E-state index contributed by atoms with van der Waals surface area (Å²) in [6, 6.07) is 0. The van der Waals surface area contributed by atoms with Gasteiger partial charge in [-0.1, -0.05) is 19.3 Å². The number of carbonyl (C=O) groups is 1. The number of alkyl halides is 1. The molecule has 0 aromatic rings. The molecule has 1 unspecified atom stereocenters. The van der Waals surface area contributed by atoms with Crippen molar-refractivity contribution in [3.63, 3.8) is 0 Å². The lowest BCUT2D eigenvalue weighted by molar-refractivity contribution is -0.135. The Morgan fingerprint density at radius 3 is 2.43 bits per heavy atom. The highest BCUT2D eigenvalue weighted by Gasteiger charge is 2.30. The van der Waals surface area contributed by atoms with Crippen molar-refractivity contribution in [2.24, 2.45) is 5.92 Å². The van der Waals surface area contributed by atoms with Crippen LogP contribution in [-0.4, -0.2) is 29.3 Å². The van der Waals surface area contributed by atoms with Crippen molar-refractivity contribution in [2.75, 3.05) is 13.1 Å². The monoisotopic (exact) mass is 215 g/mol. The van der Waals surface area contributed by atoms with Gasteiger partial charge in [-0.25, -0.2) is 0 Å². The second-order valence-electron chi connectivity index (χ2n) is 4.51. The lowest BCUT2D eigenvalue weighted by Gasteiger charge is -2.25. The fourth-order valence-corrected chi connectivity index (χ4v) is 2.79. The zero-order valence-corrected chi connectivity index (χ0v) is 9.30. The molecule has 1 saturated carbocycles. The molecule has 0 spiro atoms. The summed E-state index contributed by atoms with van der Waals surface area (Å²) in [4.78, 5) is 14.0. The molecule has 2 nitrogen and oxygen atoms in total. The summed E-state index contributed by atoms with van der Waals surface area (Å²) in [6.45, 7) is 1.65. The lowest BCUT2D eigenvalue weighted by atomic mass is 9.88. The van der Waals surface area contributed by atoms with Gasteiger partial charge in [0, 0.05) is 19.0 Å². The molecule has 80 valence electrons. The van der Waals surface area contributed by atoms with Crippen LogP contribution in [0.25, 0.3) is 0 Å². The first-order valence-electron chi connectivity index (χ1n) is 5.70. The van der Waals surface area contributed by atoms with Gasteiger partial charge in [-0.05, 0) is 19.3 Å². The van der Waals surface area contributed by atoms with Gasteiger partial charge in [-0.2, -0.15) is 0 Å². The van der Waals surface area contributed by atoms with Crippen molar-refractivity contribution in [2.45, 2.75) is 43.9 Å². The smallest absolute Gasteiger partial charge is 0.225 e. The fourth-order valence-electron chi connectivity index (χ4n) is 2.53. The number of halogens is 1. The van der Waals surface area contributed by atoms with Crippen molar-refractivity contribution in [1.29, 1.82) is 0 Å². The second kappa shape index (κ2) is 4.52. The number of hydrogen-bond acceptors (Lipinski definition) is 1. The molecule has 0 aromatic carbocycles. The van der Waals surface area contributed by atoms with E-state index in [-0.39, 0.29) is 5.38 Å². The maximum Gasteiger partial charge on any atom is 0.225 e. The molecule has 1 heterocycles. The van der Waals surface area contributed by atoms with Crippen LogP contribution < -0.4 is 0 Å². The van der Waals surface area contributed by atoms with Crippen LogP contribution in [0.3, 0.4) is 0 Å². The minimum absolute atomic E-state index is 0.197. The summed E-state index contributed by atoms with van der Waals surface area (Å²) in [6.07, 6.45) is 6.94. The molecule has 0 radical (unpaired) electrons. The van der Waals surface area contributed by atoms with Gasteiger partial charge in [-0.15, -0.1) is 11.6 Å². The van der Waals surface area contributed by atoms with E-state index >= 15 is 0 Å². The Labute approximate surface area is 90.6 Å². The standard InChI is InChI=1S/C11H18ClNO/c12-10-6-7-13(8-10)11(14)9-4-2-1-3-5-9/h9-10H,1-8H2. The van der Waals surface area contributed by atoms with Gasteiger partial charge in [0.2, 0.25) is 5.91 Å². The number of hydrogen-bond donors (Lipinski definition) is 0. The Morgan fingerprint density at radius 2 is 1.86 bits per heavy atom. The Bertz CT molecular complexity index is 207. The second-order valence-corrected chi connectivity index (χ2v) is 5.12. The Balaban J connectivity index is 1.87. The van der Waals surface area contributed by atoms with Crippen molar-refractivity contribution < 1.29 is 4.79 Å². The summed E-state index contributed by atoms with van der Waals surface area (Å²) in [5.41, 5.74) is 0. The normalized spacial score (nSPS) is 29.5. The van der Waals surface area contributed by atoms with Gasteiger partial charge in [0.05, 0.1) is 5.38 Å². The minimum atomic E-state index is 0.197. The van der Waals surface area contributed by atoms with E-state index < -0.39 is 0 Å². The molecule has 2 aliphatic rings. The highest BCUT2D eigenvalue weighted by atomic mass is 35.5. The summed E-state index contributed by atoms with van der Waals surface area (Å²) in [5.74, 6) is 0.679. The SMILES string of the molecule is O=C(C1CCCCC1)N1CCC(Cl)C1. The molecule has 0 aromatic heterocycles. The molecule has 2 rings (SSSR count). The van der Waals surface area contributed by atoms with Gasteiger partial charge in [0.1, 0.15) is 0 Å². The van der Waals surface area contributed by atoms with E-state index in [1.165, 1.54) is 19.3 Å². The lowest BCUT2D eigenvalue weighted by Crippen LogP contribution is -2.35. The maximum atomic E-state index is 12.0. The summed E-state index contributed by atoms with van der Waals surface area (Å²) >= 11 is 6.00. The van der Waals surface area contributed by atoms with Crippen LogP contribution in [0, 0.1) is 5.92 Å². The molecule has 1 aliphatic carbocycles. The fraction of sp³-hybridized carbons (Fsp3) is 0.909. The Morgan fingerprint density at radius 1 is 1.14 bits per heavy atom. The van der Waals surface area contributed by atoms with Gasteiger partial charge in [0.25, 0.3) is 0 Å². The summed E-state index contributed by atoms with van der Waals surface area (Å²) in [7, 11) is 0. The van der Waals surface area contributed by atoms with Crippen LogP contribution in [0.1, 0.15) is 38.5 Å². The van der Waals surface area contributed by atoms with Crippen LogP contribution in [0.15, 0.2) is 0 Å². The van der Waals surface area contributed by atoms with Crippen LogP contribution in [0.5, 0.6) is 0 Å². The first-order valence-corrected chi connectivity index (χ1v) is 6.14. The Hall–Kier alpha value is -0.240. The van der Waals surface area contributed by atoms with Crippen LogP contribution in [-0.2, 0) is 4.79 Å². The molecule has 3 heteroatoms. The number of likely N-dealkylation sites (tertiary alicyclic amines) is 1. The summed E-state index contributed by atoms with van der Waals surface area (Å²) < 4.78 is 0. The van der Waals surface area contributed by atoms with Gasteiger partial charge in [-0.3, -0.25) is 4.79 Å². The third-order valence-corrected chi connectivity index (χ3v) is 3.75. The van der Waals surface area contributed by atoms with E-state index in [9.17, 15) is 4.79 Å². The third kappa shape index (κ3) is 2.22. The number of carbonyl (C=O) groups excluding carboxylic acids is 1. The number of amides is 1. The topological polar surface area (TPSA) is 20.3 Å². The van der Waals surface area contributed by atoms with Gasteiger partial charge < -0.3 is 4.90 Å². The molecule has 14 heavy (non-hydrogen) atoms. The van der Waals surface area contributed by atoms with E-state index in [0.29, 0.717) is 11.8 Å². The molecule has 1 amide bonds. The maximum absolute atomic E-state index is 12.0. The van der Waals surface area contributed by atoms with Crippen LogP contribution in [0.4, 0.5) is 0 Å². The first-order chi connectivity index (χ1) is 6.77. The Kier molecular flexibility index (Phi) is 3.32. The van der Waals surface area contributed by atoms with Gasteiger partial charge in [0.15, 0.2) is 0 Å². The molecule has 1 atom stereocenters. The zero-order valence-electron chi connectivity index (χ0n) is 8.54. The van der Waals surface area contributed by atoms with Crippen molar-refractivity contribution >= 4 is 17.5 Å². The average molecular weight is 216 g/mol. The van der Waals surface area contributed by atoms with Crippen molar-refractivity contribution in [1.82, 2.24) is 4.90 Å². The predicted molar refractivity (Wildman–Crippen MR) is 57.4 cm³/mol. The molecule has 0 bridgehead atoms. The molecular formula is C11H18ClNO. The van der Waals surface area contributed by atoms with E-state index in [1.807, 2.05) is 4.90 Å². The highest BCUT2D eigenvalue weighted by Crippen LogP contribution is 2.27. The molecular weight excluding hydrogens is 198 g/mol. The molecule has 1 aliphatic heterocycles. The van der Waals surface area contributed by atoms with Crippen LogP contribution in [0.2, 0.25) is 0 Å². The van der Waals surface area contributed by atoms with Gasteiger partial charge >= 0.3 is 0 Å². The van der Waals surface area contributed by atoms with Crippen LogP contribution >= 0.6 is 11.6 Å². The largest absolute Gasteiger partial charge is 0.341 e. The first kappa shape index (κ1) is 10.3. The van der Waals surface area contributed by atoms with E-state index in [0.717, 1.165) is 32.4 Å². The predicted octanol–water partition coefficient (Wildman–Crippen LogP) is 2.41. The number of rotatable bonds is 1. The van der Waals surface area contributed by atoms with E-state index in [2.05, 4.69) is 0 Å². The van der Waals surface area contributed by atoms with Crippen molar-refractivity contribution in [3.05, 3.63) is 0 Å². The molecule has 2 fully saturated rings. The van der Waals surface area contributed by atoms with E-state index in [4.69, 9.17) is 11.6 Å². The van der Waals surface area contributed by atoms with Crippen molar-refractivity contribution in [3.8, 4) is 0 Å². The molecule has 0 N–H and O–H groups in total. The zero-order chi connectivity index (χ0) is 9.97. The third-order valence-electron chi connectivity index (χ3n) is 3.40. The molecule has 1 saturated heterocycles. The number of nitrogens with zero attached hydrogens (tertiary/aromatic N) is 1.